The molecule has 0 bridgehead atoms. The maximum atomic E-state index is 6.44. The van der Waals surface area contributed by atoms with Crippen LogP contribution in [0.25, 0.3) is 111 Å². The van der Waals surface area contributed by atoms with E-state index in [0.717, 1.165) is 76.6 Å². The number of hydrogen-bond acceptors (Lipinski definition) is 6. The maximum absolute atomic E-state index is 6.44. The second-order valence-electron chi connectivity index (χ2n) is 13.0. The molecule has 242 valence electrons. The monoisotopic (exact) mass is 666 g/mol. The van der Waals surface area contributed by atoms with Crippen LogP contribution < -0.4 is 0 Å². The molecule has 3 heterocycles. The van der Waals surface area contributed by atoms with E-state index in [0.29, 0.717) is 28.9 Å². The van der Waals surface area contributed by atoms with Crippen LogP contribution >= 0.6 is 0 Å². The molecule has 0 aliphatic carbocycles. The average molecular weight is 667 g/mol. The van der Waals surface area contributed by atoms with Crippen molar-refractivity contribution in [2.75, 3.05) is 0 Å². The molecule has 8 aromatic carbocycles. The van der Waals surface area contributed by atoms with E-state index in [4.69, 9.17) is 28.8 Å². The van der Waals surface area contributed by atoms with Crippen LogP contribution in [0.5, 0.6) is 0 Å². The lowest BCUT2D eigenvalue weighted by atomic mass is 9.96. The SMILES string of the molecule is c1ccc(-c2nc(-c3ccc4ccc5oc6ccc7oc(-c8ccccc8)nc7c6c5c4c3)nc(-c3cc4ccccc4c4ccccc34)n2)cc1. The van der Waals surface area contributed by atoms with Crippen LogP contribution in [0, 0.1) is 0 Å². The van der Waals surface area contributed by atoms with Gasteiger partial charge in [0, 0.05) is 27.6 Å². The summed E-state index contributed by atoms with van der Waals surface area (Å²) >= 11 is 0. The second kappa shape index (κ2) is 11.2. The molecule has 0 aliphatic rings. The Balaban J connectivity index is 1.17. The third-order valence-electron chi connectivity index (χ3n) is 9.93. The molecule has 3 aromatic heterocycles. The van der Waals surface area contributed by atoms with Gasteiger partial charge in [-0.3, -0.25) is 0 Å². The Labute approximate surface area is 296 Å². The minimum Gasteiger partial charge on any atom is -0.456 e. The van der Waals surface area contributed by atoms with E-state index < -0.39 is 0 Å². The van der Waals surface area contributed by atoms with Crippen LogP contribution in [0.2, 0.25) is 0 Å². The first-order valence-corrected chi connectivity index (χ1v) is 17.2. The molecular formula is C46H26N4O2. The van der Waals surface area contributed by atoms with E-state index in [-0.39, 0.29) is 0 Å². The molecule has 6 nitrogen and oxygen atoms in total. The van der Waals surface area contributed by atoms with Gasteiger partial charge in [-0.15, -0.1) is 0 Å². The van der Waals surface area contributed by atoms with E-state index in [1.807, 2.05) is 78.9 Å². The topological polar surface area (TPSA) is 77.8 Å². The van der Waals surface area contributed by atoms with E-state index >= 15 is 0 Å². The standard InChI is InChI=1S/C46H26N4O2/c1-3-11-28(12-4-1)43-48-44(50-45(49-43)36-25-30-15-7-8-16-32(30)33-17-9-10-18-34(33)36)31-20-19-27-21-22-37-40(35(27)26-31)41-38(51-37)23-24-39-42(41)47-46(52-39)29-13-5-2-6-14-29/h1-26H. The van der Waals surface area contributed by atoms with Crippen molar-refractivity contribution in [2.45, 2.75) is 0 Å². The van der Waals surface area contributed by atoms with Crippen LogP contribution in [-0.2, 0) is 0 Å². The van der Waals surface area contributed by atoms with Crippen molar-refractivity contribution in [3.05, 3.63) is 158 Å². The lowest BCUT2D eigenvalue weighted by molar-refractivity contribution is 0.619. The van der Waals surface area contributed by atoms with Gasteiger partial charge < -0.3 is 8.83 Å². The highest BCUT2D eigenvalue weighted by atomic mass is 16.4. The summed E-state index contributed by atoms with van der Waals surface area (Å²) < 4.78 is 12.7. The predicted octanol–water partition coefficient (Wildman–Crippen LogP) is 12.0. The minimum atomic E-state index is 0.575. The predicted molar refractivity (Wildman–Crippen MR) is 209 cm³/mol. The van der Waals surface area contributed by atoms with Gasteiger partial charge in [-0.2, -0.15) is 0 Å². The zero-order chi connectivity index (χ0) is 34.2. The van der Waals surface area contributed by atoms with Gasteiger partial charge in [0.15, 0.2) is 23.1 Å². The molecule has 0 amide bonds. The molecule has 11 rings (SSSR count). The molecular weight excluding hydrogens is 641 g/mol. The lowest BCUT2D eigenvalue weighted by Crippen LogP contribution is -2.00. The molecule has 0 saturated heterocycles. The van der Waals surface area contributed by atoms with Crippen LogP contribution in [0.1, 0.15) is 0 Å². The van der Waals surface area contributed by atoms with Crippen molar-refractivity contribution in [3.8, 4) is 45.6 Å². The molecule has 11 aromatic rings. The lowest BCUT2D eigenvalue weighted by Gasteiger charge is -2.12. The normalized spacial score (nSPS) is 11.8. The van der Waals surface area contributed by atoms with Crippen molar-refractivity contribution in [2.24, 2.45) is 0 Å². The Hall–Kier alpha value is -7.18. The molecule has 6 heteroatoms. The van der Waals surface area contributed by atoms with Gasteiger partial charge >= 0.3 is 0 Å². The Morgan fingerprint density at radius 2 is 0.962 bits per heavy atom. The highest BCUT2D eigenvalue weighted by Crippen LogP contribution is 2.41. The fourth-order valence-corrected chi connectivity index (χ4v) is 7.49. The average Bonchev–Trinajstić information content (AvgIpc) is 3.83. The van der Waals surface area contributed by atoms with Crippen molar-refractivity contribution in [1.82, 2.24) is 19.9 Å². The van der Waals surface area contributed by atoms with Crippen molar-refractivity contribution in [3.63, 3.8) is 0 Å². The molecule has 0 atom stereocenters. The highest BCUT2D eigenvalue weighted by Gasteiger charge is 2.20. The summed E-state index contributed by atoms with van der Waals surface area (Å²) in [6.07, 6.45) is 0. The van der Waals surface area contributed by atoms with Gasteiger partial charge in [-0.25, -0.2) is 19.9 Å². The Bertz CT molecular complexity index is 3180. The van der Waals surface area contributed by atoms with E-state index in [1.165, 1.54) is 5.39 Å². The van der Waals surface area contributed by atoms with Crippen LogP contribution in [0.4, 0.5) is 0 Å². The summed E-state index contributed by atoms with van der Waals surface area (Å²) in [6, 6.07) is 53.6. The van der Waals surface area contributed by atoms with Crippen LogP contribution in [0.3, 0.4) is 0 Å². The zero-order valence-corrected chi connectivity index (χ0v) is 27.6. The van der Waals surface area contributed by atoms with Gasteiger partial charge in [-0.1, -0.05) is 115 Å². The Kier molecular flexibility index (Phi) is 6.15. The van der Waals surface area contributed by atoms with Crippen LogP contribution in [0.15, 0.2) is 167 Å². The number of fused-ring (bicyclic) bond motifs is 10. The van der Waals surface area contributed by atoms with E-state index in [1.54, 1.807) is 0 Å². The number of nitrogens with zero attached hydrogens (tertiary/aromatic N) is 4. The molecule has 0 saturated carbocycles. The quantitative estimate of drug-likeness (QED) is 0.174. The number of benzene rings is 8. The number of hydrogen-bond donors (Lipinski definition) is 0. The first kappa shape index (κ1) is 28.6. The molecule has 0 unspecified atom stereocenters. The van der Waals surface area contributed by atoms with E-state index in [9.17, 15) is 0 Å². The summed E-state index contributed by atoms with van der Waals surface area (Å²) in [5.74, 6) is 2.40. The number of furan rings is 1. The third-order valence-corrected chi connectivity index (χ3v) is 9.93. The summed E-state index contributed by atoms with van der Waals surface area (Å²) in [6.45, 7) is 0. The Morgan fingerprint density at radius 1 is 0.346 bits per heavy atom. The van der Waals surface area contributed by atoms with Crippen LogP contribution in [-0.4, -0.2) is 19.9 Å². The molecule has 0 spiro atoms. The smallest absolute Gasteiger partial charge is 0.227 e. The summed E-state index contributed by atoms with van der Waals surface area (Å²) in [5.41, 5.74) is 6.68. The summed E-state index contributed by atoms with van der Waals surface area (Å²) in [7, 11) is 0. The number of rotatable bonds is 4. The molecule has 0 fully saturated rings. The zero-order valence-electron chi connectivity index (χ0n) is 27.6. The second-order valence-corrected chi connectivity index (χ2v) is 13.0. The third kappa shape index (κ3) is 4.44. The highest BCUT2D eigenvalue weighted by molar-refractivity contribution is 6.25. The first-order chi connectivity index (χ1) is 25.7. The molecule has 0 aliphatic heterocycles. The summed E-state index contributed by atoms with van der Waals surface area (Å²) in [4.78, 5) is 20.4. The number of oxazole rings is 1. The van der Waals surface area contributed by atoms with Gasteiger partial charge in [0.2, 0.25) is 5.89 Å². The van der Waals surface area contributed by atoms with Crippen molar-refractivity contribution >= 4 is 65.4 Å². The van der Waals surface area contributed by atoms with E-state index in [2.05, 4.69) is 78.9 Å². The van der Waals surface area contributed by atoms with Crippen molar-refractivity contribution < 1.29 is 8.83 Å². The molecule has 0 radical (unpaired) electrons. The fraction of sp³-hybridized carbons (Fsp3) is 0. The minimum absolute atomic E-state index is 0.575. The largest absolute Gasteiger partial charge is 0.456 e. The molecule has 0 N–H and O–H groups in total. The Morgan fingerprint density at radius 3 is 1.79 bits per heavy atom. The number of aromatic nitrogens is 4. The fourth-order valence-electron chi connectivity index (χ4n) is 7.49. The first-order valence-electron chi connectivity index (χ1n) is 17.2. The van der Waals surface area contributed by atoms with Gasteiger partial charge in [-0.05, 0) is 74.8 Å². The summed E-state index contributed by atoms with van der Waals surface area (Å²) in [5, 5.41) is 8.57. The van der Waals surface area contributed by atoms with Crippen molar-refractivity contribution in [1.29, 1.82) is 0 Å². The van der Waals surface area contributed by atoms with Gasteiger partial charge in [0.1, 0.15) is 16.7 Å². The maximum Gasteiger partial charge on any atom is 0.227 e. The van der Waals surface area contributed by atoms with Gasteiger partial charge in [0.05, 0.1) is 5.39 Å². The molecule has 52 heavy (non-hydrogen) atoms. The van der Waals surface area contributed by atoms with Gasteiger partial charge in [0.25, 0.3) is 0 Å².